The van der Waals surface area contributed by atoms with E-state index < -0.39 is 20.6 Å². The van der Waals surface area contributed by atoms with Gasteiger partial charge in [-0.2, -0.15) is 4.31 Å². The number of amides is 1. The van der Waals surface area contributed by atoms with Crippen molar-refractivity contribution in [3.8, 4) is 0 Å². The van der Waals surface area contributed by atoms with Gasteiger partial charge in [-0.25, -0.2) is 8.42 Å². The fourth-order valence-electron chi connectivity index (χ4n) is 3.70. The van der Waals surface area contributed by atoms with Crippen LogP contribution in [0.5, 0.6) is 0 Å². The van der Waals surface area contributed by atoms with Gasteiger partial charge in [-0.15, -0.1) is 0 Å². The summed E-state index contributed by atoms with van der Waals surface area (Å²) in [4.78, 5) is 24.8. The Morgan fingerprint density at radius 1 is 1.08 bits per heavy atom. The highest BCUT2D eigenvalue weighted by molar-refractivity contribution is 7.89. The van der Waals surface area contributed by atoms with E-state index in [0.29, 0.717) is 12.8 Å². The maximum Gasteiger partial charge on any atom is 0.289 e. The summed E-state index contributed by atoms with van der Waals surface area (Å²) in [5, 5.41) is 11.2. The van der Waals surface area contributed by atoms with Gasteiger partial charge in [0.15, 0.2) is 4.90 Å². The predicted molar refractivity (Wildman–Crippen MR) is 95.0 cm³/mol. The van der Waals surface area contributed by atoms with E-state index >= 15 is 0 Å². The van der Waals surface area contributed by atoms with E-state index in [1.165, 1.54) is 28.6 Å². The fraction of sp³-hybridized carbons (Fsp3) is 0.588. The summed E-state index contributed by atoms with van der Waals surface area (Å²) in [6.45, 7) is 1.82. The Bertz CT molecular complexity index is 789. The van der Waals surface area contributed by atoms with E-state index in [1.54, 1.807) is 0 Å². The number of likely N-dealkylation sites (tertiary alicyclic amines) is 1. The van der Waals surface area contributed by atoms with Gasteiger partial charge in [0.1, 0.15) is 0 Å². The van der Waals surface area contributed by atoms with Gasteiger partial charge >= 0.3 is 0 Å². The SMILES string of the molecule is O=C([C@H]1CCCN(S(=O)(=O)c2ccccc2[N+](=O)[O-])C1)N1CCCCC1. The first-order valence-electron chi connectivity index (χ1n) is 8.93. The Balaban J connectivity index is 1.80. The summed E-state index contributed by atoms with van der Waals surface area (Å²) in [6.07, 6.45) is 4.31. The van der Waals surface area contributed by atoms with Gasteiger partial charge in [0.05, 0.1) is 10.8 Å². The van der Waals surface area contributed by atoms with Crippen LogP contribution in [0.4, 0.5) is 5.69 Å². The van der Waals surface area contributed by atoms with Crippen molar-refractivity contribution in [2.45, 2.75) is 37.0 Å². The third-order valence-corrected chi connectivity index (χ3v) is 6.99. The maximum atomic E-state index is 13.0. The standard InChI is InChI=1S/C17H23N3O5S/c21-17(18-10-4-1-5-11-18)14-7-6-12-19(13-14)26(24,25)16-9-3-2-8-15(16)20(22)23/h2-3,8-9,14H,1,4-7,10-13H2/t14-/m0/s1. The van der Waals surface area contributed by atoms with E-state index in [1.807, 2.05) is 4.90 Å². The Kier molecular flexibility index (Phi) is 5.57. The fourth-order valence-corrected chi connectivity index (χ4v) is 5.38. The van der Waals surface area contributed by atoms with Crippen molar-refractivity contribution in [2.24, 2.45) is 5.92 Å². The van der Waals surface area contributed by atoms with Crippen LogP contribution in [0.25, 0.3) is 0 Å². The molecule has 26 heavy (non-hydrogen) atoms. The highest BCUT2D eigenvalue weighted by Gasteiger charge is 2.37. The number of hydrogen-bond acceptors (Lipinski definition) is 5. The summed E-state index contributed by atoms with van der Waals surface area (Å²) in [6, 6.07) is 5.35. The van der Waals surface area contributed by atoms with Crippen molar-refractivity contribution in [1.82, 2.24) is 9.21 Å². The average molecular weight is 381 g/mol. The highest BCUT2D eigenvalue weighted by atomic mass is 32.2. The molecule has 0 unspecified atom stereocenters. The molecule has 0 radical (unpaired) electrons. The quantitative estimate of drug-likeness (QED) is 0.586. The van der Waals surface area contributed by atoms with Crippen LogP contribution >= 0.6 is 0 Å². The van der Waals surface area contributed by atoms with Crippen molar-refractivity contribution in [3.63, 3.8) is 0 Å². The number of hydrogen-bond donors (Lipinski definition) is 0. The number of nitro benzene ring substituents is 1. The molecule has 0 saturated carbocycles. The molecule has 9 heteroatoms. The molecule has 2 saturated heterocycles. The minimum absolute atomic E-state index is 0.00663. The van der Waals surface area contributed by atoms with Gasteiger partial charge < -0.3 is 4.90 Å². The first-order valence-corrected chi connectivity index (χ1v) is 10.4. The smallest absolute Gasteiger partial charge is 0.289 e. The Hall–Kier alpha value is -2.00. The second-order valence-electron chi connectivity index (χ2n) is 6.81. The zero-order valence-electron chi connectivity index (χ0n) is 14.5. The van der Waals surface area contributed by atoms with Crippen LogP contribution in [0.1, 0.15) is 32.1 Å². The summed E-state index contributed by atoms with van der Waals surface area (Å²) in [7, 11) is -4.01. The lowest BCUT2D eigenvalue weighted by Crippen LogP contribution is -2.47. The van der Waals surface area contributed by atoms with Crippen molar-refractivity contribution >= 4 is 21.6 Å². The molecular weight excluding hydrogens is 358 g/mol. The molecule has 0 N–H and O–H groups in total. The molecule has 0 aliphatic carbocycles. The molecule has 1 atom stereocenters. The molecule has 2 aliphatic heterocycles. The predicted octanol–water partition coefficient (Wildman–Crippen LogP) is 2.01. The van der Waals surface area contributed by atoms with Crippen LogP contribution in [0.15, 0.2) is 29.2 Å². The molecule has 3 rings (SSSR count). The van der Waals surface area contributed by atoms with Crippen molar-refractivity contribution in [2.75, 3.05) is 26.2 Å². The Morgan fingerprint density at radius 2 is 1.77 bits per heavy atom. The van der Waals surface area contributed by atoms with E-state index in [0.717, 1.165) is 32.4 Å². The van der Waals surface area contributed by atoms with Crippen LogP contribution in [-0.2, 0) is 14.8 Å². The molecule has 1 amide bonds. The minimum atomic E-state index is -4.01. The number of para-hydroxylation sites is 1. The number of carbonyl (C=O) groups excluding carboxylic acids is 1. The summed E-state index contributed by atoms with van der Waals surface area (Å²) < 4.78 is 27.1. The molecule has 2 fully saturated rings. The first-order chi connectivity index (χ1) is 12.4. The van der Waals surface area contributed by atoms with Crippen LogP contribution in [0.3, 0.4) is 0 Å². The largest absolute Gasteiger partial charge is 0.342 e. The van der Waals surface area contributed by atoms with Crippen molar-refractivity contribution < 1.29 is 18.1 Å². The number of carbonyl (C=O) groups is 1. The van der Waals surface area contributed by atoms with Crippen LogP contribution in [0, 0.1) is 16.0 Å². The first kappa shape index (κ1) is 18.8. The topological polar surface area (TPSA) is 101 Å². The lowest BCUT2D eigenvalue weighted by atomic mass is 9.97. The number of rotatable bonds is 4. The van der Waals surface area contributed by atoms with Gasteiger partial charge in [0.25, 0.3) is 5.69 Å². The Labute approximate surface area is 153 Å². The molecular formula is C17H23N3O5S. The van der Waals surface area contributed by atoms with E-state index in [9.17, 15) is 23.3 Å². The molecule has 0 aromatic heterocycles. The van der Waals surface area contributed by atoms with Crippen molar-refractivity contribution in [1.29, 1.82) is 0 Å². The van der Waals surface area contributed by atoms with E-state index in [-0.39, 0.29) is 29.8 Å². The molecule has 0 spiro atoms. The third kappa shape index (κ3) is 3.73. The van der Waals surface area contributed by atoms with Gasteiger partial charge in [0.2, 0.25) is 15.9 Å². The summed E-state index contributed by atoms with van der Waals surface area (Å²) >= 11 is 0. The number of benzene rings is 1. The van der Waals surface area contributed by atoms with Gasteiger partial charge in [-0.3, -0.25) is 14.9 Å². The summed E-state index contributed by atoms with van der Waals surface area (Å²) in [5.41, 5.74) is -0.433. The zero-order valence-corrected chi connectivity index (χ0v) is 15.4. The lowest BCUT2D eigenvalue weighted by Gasteiger charge is -2.35. The molecule has 0 bridgehead atoms. The number of sulfonamides is 1. The number of nitrogens with zero attached hydrogens (tertiary/aromatic N) is 3. The maximum absolute atomic E-state index is 13.0. The van der Waals surface area contributed by atoms with E-state index in [2.05, 4.69) is 0 Å². The third-order valence-electron chi connectivity index (χ3n) is 5.08. The minimum Gasteiger partial charge on any atom is -0.342 e. The van der Waals surface area contributed by atoms with Crippen LogP contribution in [0.2, 0.25) is 0 Å². The Morgan fingerprint density at radius 3 is 2.46 bits per heavy atom. The second kappa shape index (κ2) is 7.71. The van der Waals surface area contributed by atoms with Crippen LogP contribution < -0.4 is 0 Å². The molecule has 142 valence electrons. The second-order valence-corrected chi connectivity index (χ2v) is 8.72. The average Bonchev–Trinajstić information content (AvgIpc) is 2.68. The normalized spacial score (nSPS) is 22.2. The molecule has 2 aliphatic rings. The van der Waals surface area contributed by atoms with Gasteiger partial charge in [-0.05, 0) is 38.2 Å². The monoisotopic (exact) mass is 381 g/mol. The van der Waals surface area contributed by atoms with Gasteiger partial charge in [-0.1, -0.05) is 12.1 Å². The molecule has 1 aromatic carbocycles. The zero-order chi connectivity index (χ0) is 18.7. The molecule has 2 heterocycles. The number of nitro groups is 1. The highest BCUT2D eigenvalue weighted by Crippen LogP contribution is 2.30. The molecule has 1 aromatic rings. The summed E-state index contributed by atoms with van der Waals surface area (Å²) in [5.74, 6) is -0.369. The van der Waals surface area contributed by atoms with Crippen molar-refractivity contribution in [3.05, 3.63) is 34.4 Å². The van der Waals surface area contributed by atoms with Gasteiger partial charge in [0, 0.05) is 32.2 Å². The molecule has 8 nitrogen and oxygen atoms in total. The number of piperidine rings is 2. The lowest BCUT2D eigenvalue weighted by molar-refractivity contribution is -0.387. The van der Waals surface area contributed by atoms with Crippen LogP contribution in [-0.4, -0.2) is 54.6 Å². The van der Waals surface area contributed by atoms with E-state index in [4.69, 9.17) is 0 Å².